The first-order chi connectivity index (χ1) is 19.3. The van der Waals surface area contributed by atoms with Crippen LogP contribution in [0.5, 0.6) is 0 Å². The van der Waals surface area contributed by atoms with Gasteiger partial charge in [-0.1, -0.05) is 6.07 Å². The van der Waals surface area contributed by atoms with E-state index in [4.69, 9.17) is 14.5 Å². The monoisotopic (exact) mass is 633 g/mol. The largest absolute Gasteiger partial charge is 0.469 e. The van der Waals surface area contributed by atoms with Crippen molar-refractivity contribution < 1.29 is 27.8 Å². The molecule has 210 valence electrons. The van der Waals surface area contributed by atoms with E-state index >= 15 is 0 Å². The number of rotatable bonds is 8. The van der Waals surface area contributed by atoms with Crippen LogP contribution in [0.25, 0.3) is 0 Å². The van der Waals surface area contributed by atoms with E-state index < -0.39 is 23.6 Å². The Hall–Kier alpha value is -3.45. The maximum Gasteiger partial charge on any atom is 0.338 e. The first kappa shape index (κ1) is 28.1. The van der Waals surface area contributed by atoms with Gasteiger partial charge in [-0.05, 0) is 59.3 Å². The van der Waals surface area contributed by atoms with Gasteiger partial charge in [-0.3, -0.25) is 14.5 Å². The lowest BCUT2D eigenvalue weighted by Gasteiger charge is -2.33. The number of aromatic nitrogens is 3. The average molecular weight is 635 g/mol. The number of methoxy groups -OCH3 is 1. The number of aliphatic imine (C=N–C) groups is 1. The number of nitrogens with one attached hydrogen (secondary N) is 1. The lowest BCUT2D eigenvalue weighted by molar-refractivity contribution is -0.141. The third-order valence-corrected chi connectivity index (χ3v) is 8.45. The lowest BCUT2D eigenvalue weighted by Crippen LogP contribution is -2.38. The van der Waals surface area contributed by atoms with Gasteiger partial charge in [-0.2, -0.15) is 5.10 Å². The number of carbonyl (C=O) groups excluding carboxylic acids is 2. The van der Waals surface area contributed by atoms with Crippen molar-refractivity contribution in [2.45, 2.75) is 45.2 Å². The molecule has 0 saturated carbocycles. The molecule has 1 aliphatic carbocycles. The van der Waals surface area contributed by atoms with Crippen molar-refractivity contribution in [3.8, 4) is 0 Å². The molecule has 1 N–H and O–H groups in total. The molecule has 5 rings (SSSR count). The summed E-state index contributed by atoms with van der Waals surface area (Å²) in [4.78, 5) is 34.2. The van der Waals surface area contributed by atoms with E-state index in [2.05, 4.69) is 31.3 Å². The van der Waals surface area contributed by atoms with E-state index in [1.807, 2.05) is 11.6 Å². The molecular weight excluding hydrogens is 608 g/mol. The SMILES string of the molecule is CCOC(=O)C1=C(C2CCc3nn(CCC(=O)OC)cc3C2)NC(c2nccs2)=NC1c1ccc(F)c(F)c1Br. The van der Waals surface area contributed by atoms with Crippen molar-refractivity contribution in [1.82, 2.24) is 20.1 Å². The summed E-state index contributed by atoms with van der Waals surface area (Å²) in [5.74, 6) is -2.70. The van der Waals surface area contributed by atoms with Crippen LogP contribution in [0, 0.1) is 17.6 Å². The number of thiazole rings is 1. The molecule has 13 heteroatoms. The van der Waals surface area contributed by atoms with E-state index in [-0.39, 0.29) is 35.0 Å². The van der Waals surface area contributed by atoms with Crippen LogP contribution >= 0.6 is 27.3 Å². The van der Waals surface area contributed by atoms with Gasteiger partial charge in [-0.15, -0.1) is 11.3 Å². The van der Waals surface area contributed by atoms with Gasteiger partial charge < -0.3 is 14.8 Å². The van der Waals surface area contributed by atoms with Gasteiger partial charge in [0.15, 0.2) is 22.5 Å². The summed E-state index contributed by atoms with van der Waals surface area (Å²) >= 11 is 4.55. The number of amidine groups is 1. The minimum Gasteiger partial charge on any atom is -0.469 e. The first-order valence-corrected chi connectivity index (χ1v) is 14.4. The van der Waals surface area contributed by atoms with Crippen LogP contribution in [0.2, 0.25) is 0 Å². The van der Waals surface area contributed by atoms with Crippen LogP contribution in [0.15, 0.2) is 50.6 Å². The van der Waals surface area contributed by atoms with Crippen molar-refractivity contribution >= 4 is 45.0 Å². The predicted octanol–water partition coefficient (Wildman–Crippen LogP) is 4.66. The van der Waals surface area contributed by atoms with Crippen LogP contribution in [-0.4, -0.2) is 46.3 Å². The van der Waals surface area contributed by atoms with Gasteiger partial charge in [0.25, 0.3) is 0 Å². The van der Waals surface area contributed by atoms with Crippen LogP contribution in [0.4, 0.5) is 8.78 Å². The van der Waals surface area contributed by atoms with Crippen LogP contribution in [-0.2, 0) is 38.4 Å². The van der Waals surface area contributed by atoms with Gasteiger partial charge in [0, 0.05) is 29.4 Å². The van der Waals surface area contributed by atoms with E-state index in [1.165, 1.54) is 24.5 Å². The molecule has 3 heterocycles. The van der Waals surface area contributed by atoms with Gasteiger partial charge >= 0.3 is 11.9 Å². The molecule has 0 spiro atoms. The van der Waals surface area contributed by atoms with E-state index in [0.29, 0.717) is 47.9 Å². The second-order valence-electron chi connectivity index (χ2n) is 9.28. The zero-order chi connectivity index (χ0) is 28.4. The number of aryl methyl sites for hydroxylation is 2. The highest BCUT2D eigenvalue weighted by Gasteiger charge is 2.38. The fraction of sp³-hybridized carbons (Fsp3) is 0.370. The van der Waals surface area contributed by atoms with Crippen molar-refractivity contribution in [3.05, 3.63) is 79.1 Å². The normalized spacial score (nSPS) is 18.6. The fourth-order valence-electron chi connectivity index (χ4n) is 4.98. The molecule has 2 aliphatic rings. The molecule has 9 nitrogen and oxygen atoms in total. The fourth-order valence-corrected chi connectivity index (χ4v) is 6.10. The zero-order valence-corrected chi connectivity index (χ0v) is 24.2. The van der Waals surface area contributed by atoms with Crippen molar-refractivity contribution in [1.29, 1.82) is 0 Å². The maximum atomic E-state index is 14.7. The molecule has 3 aromatic rings. The minimum absolute atomic E-state index is 0.111. The standard InChI is InChI=1S/C27H26BrF2N5O4S/c1-3-39-27(37)20-23(14-4-7-18-15(12-14)13-35(34-18)10-8-19(36)38-2)32-25(26-31-9-11-40-26)33-24(20)16-5-6-17(29)22(30)21(16)28/h5-6,9,11,13-14,24H,3-4,7-8,10,12H2,1-2H3,(H,32,33). The number of halogens is 3. The predicted molar refractivity (Wildman–Crippen MR) is 147 cm³/mol. The molecule has 0 saturated heterocycles. The Morgan fingerprint density at radius 2 is 2.12 bits per heavy atom. The van der Waals surface area contributed by atoms with Crippen molar-refractivity contribution in [2.75, 3.05) is 13.7 Å². The number of hydrogen-bond acceptors (Lipinski definition) is 9. The topological polar surface area (TPSA) is 108 Å². The smallest absolute Gasteiger partial charge is 0.338 e. The summed E-state index contributed by atoms with van der Waals surface area (Å²) in [5.41, 5.74) is 3.07. The van der Waals surface area contributed by atoms with Crippen LogP contribution in [0.3, 0.4) is 0 Å². The summed E-state index contributed by atoms with van der Waals surface area (Å²) in [5, 5.41) is 10.4. The number of carbonyl (C=O) groups is 2. The Balaban J connectivity index is 1.57. The molecule has 2 unspecified atom stereocenters. The highest BCUT2D eigenvalue weighted by molar-refractivity contribution is 9.10. The number of allylic oxidation sites excluding steroid dienone is 1. The number of nitrogens with zero attached hydrogens (tertiary/aromatic N) is 4. The van der Waals surface area contributed by atoms with E-state index in [9.17, 15) is 18.4 Å². The molecular formula is C27H26BrF2N5O4S. The van der Waals surface area contributed by atoms with Gasteiger partial charge in [0.05, 0.1) is 42.4 Å². The van der Waals surface area contributed by atoms with Gasteiger partial charge in [-0.25, -0.2) is 18.6 Å². The Labute approximate surface area is 241 Å². The quantitative estimate of drug-likeness (QED) is 0.284. The third-order valence-electron chi connectivity index (χ3n) is 6.87. The molecule has 0 bridgehead atoms. The maximum absolute atomic E-state index is 14.7. The third kappa shape index (κ3) is 5.57. The lowest BCUT2D eigenvalue weighted by atomic mass is 9.81. The van der Waals surface area contributed by atoms with Crippen molar-refractivity contribution in [3.63, 3.8) is 0 Å². The molecule has 1 aliphatic heterocycles. The molecule has 2 atom stereocenters. The summed E-state index contributed by atoms with van der Waals surface area (Å²) in [6, 6.07) is 1.47. The Kier molecular flexibility index (Phi) is 8.40. The second kappa shape index (κ2) is 12.0. The number of benzene rings is 1. The summed E-state index contributed by atoms with van der Waals surface area (Å²) in [6.45, 7) is 2.23. The number of fused-ring (bicyclic) bond motifs is 1. The van der Waals surface area contributed by atoms with Gasteiger partial charge in [0.2, 0.25) is 0 Å². The Bertz CT molecular complexity index is 1500. The van der Waals surface area contributed by atoms with Gasteiger partial charge in [0.1, 0.15) is 6.04 Å². The molecule has 0 radical (unpaired) electrons. The highest BCUT2D eigenvalue weighted by atomic mass is 79.9. The summed E-state index contributed by atoms with van der Waals surface area (Å²) in [7, 11) is 1.35. The molecule has 2 aromatic heterocycles. The molecule has 40 heavy (non-hydrogen) atoms. The molecule has 0 amide bonds. The van der Waals surface area contributed by atoms with Crippen LogP contribution < -0.4 is 5.32 Å². The summed E-state index contributed by atoms with van der Waals surface area (Å²) in [6.07, 6.45) is 5.65. The van der Waals surface area contributed by atoms with Crippen molar-refractivity contribution in [2.24, 2.45) is 10.9 Å². The zero-order valence-electron chi connectivity index (χ0n) is 21.7. The second-order valence-corrected chi connectivity index (χ2v) is 11.0. The minimum atomic E-state index is -1.06. The number of hydrogen-bond donors (Lipinski definition) is 1. The molecule has 1 aromatic carbocycles. The van der Waals surface area contributed by atoms with E-state index in [0.717, 1.165) is 17.3 Å². The summed E-state index contributed by atoms with van der Waals surface area (Å²) < 4.78 is 40.5. The first-order valence-electron chi connectivity index (χ1n) is 12.7. The number of esters is 2. The Morgan fingerprint density at radius 3 is 2.85 bits per heavy atom. The number of ether oxygens (including phenoxy) is 2. The highest BCUT2D eigenvalue weighted by Crippen LogP contribution is 2.41. The Morgan fingerprint density at radius 1 is 1.30 bits per heavy atom. The average Bonchev–Trinajstić information content (AvgIpc) is 3.64. The molecule has 0 fully saturated rings. The van der Waals surface area contributed by atoms with E-state index in [1.54, 1.807) is 17.8 Å². The van der Waals surface area contributed by atoms with Crippen LogP contribution in [0.1, 0.15) is 47.6 Å².